The van der Waals surface area contributed by atoms with E-state index in [0.29, 0.717) is 23.6 Å². The Bertz CT molecular complexity index is 1560. The van der Waals surface area contributed by atoms with Gasteiger partial charge in [-0.1, -0.05) is 85.3 Å². The van der Waals surface area contributed by atoms with Crippen molar-refractivity contribution in [1.82, 2.24) is 14.3 Å². The van der Waals surface area contributed by atoms with Crippen LogP contribution in [0.4, 0.5) is 0 Å². The zero-order valence-electron chi connectivity index (χ0n) is 19.0. The van der Waals surface area contributed by atoms with Gasteiger partial charge in [0.1, 0.15) is 5.69 Å². The first-order valence-electron chi connectivity index (χ1n) is 11.3. The van der Waals surface area contributed by atoms with Crippen molar-refractivity contribution in [2.75, 3.05) is 0 Å². The average molecular weight is 500 g/mol. The Labute approximate surface area is 212 Å². The van der Waals surface area contributed by atoms with Crippen molar-refractivity contribution >= 4 is 56.4 Å². The van der Waals surface area contributed by atoms with E-state index in [9.17, 15) is 9.59 Å². The van der Waals surface area contributed by atoms with Crippen molar-refractivity contribution in [3.05, 3.63) is 112 Å². The molecule has 0 radical (unpaired) electrons. The minimum Gasteiger partial charge on any atom is -0.334 e. The number of fused-ring (bicyclic) bond motifs is 3. The molecule has 2 aromatic heterocycles. The lowest BCUT2D eigenvalue weighted by Crippen LogP contribution is -2.20. The Kier molecular flexibility index (Phi) is 6.57. The predicted octanol–water partition coefficient (Wildman–Crippen LogP) is 6.67. The molecule has 1 amide bonds. The number of rotatable bonds is 5. The van der Waals surface area contributed by atoms with Crippen LogP contribution in [-0.4, -0.2) is 20.6 Å². The molecule has 0 unspecified atom stereocenters. The summed E-state index contributed by atoms with van der Waals surface area (Å²) in [5.74, 6) is -0.404. The zero-order valence-corrected chi connectivity index (χ0v) is 20.6. The molecule has 0 fully saturated rings. The standard InChI is InChI=1S/C28H22ClN3O2S/c1-2-23-26-21(16-24(30-23)27(33)31-35-28(34)18-10-4-3-5-11-18)20-13-7-9-15-25(20)32(26)17-19-12-6-8-14-22(19)29/h3-16H,2,17H2,1H3,(H,31,33). The van der Waals surface area contributed by atoms with E-state index in [-0.39, 0.29) is 10.8 Å². The summed E-state index contributed by atoms with van der Waals surface area (Å²) >= 11 is 7.24. The van der Waals surface area contributed by atoms with Gasteiger partial charge in [-0.05, 0) is 30.2 Å². The summed E-state index contributed by atoms with van der Waals surface area (Å²) < 4.78 is 4.87. The Morgan fingerprint density at radius 3 is 2.43 bits per heavy atom. The van der Waals surface area contributed by atoms with Crippen LogP contribution in [0.25, 0.3) is 21.8 Å². The van der Waals surface area contributed by atoms with Crippen LogP contribution in [0, 0.1) is 0 Å². The van der Waals surface area contributed by atoms with Gasteiger partial charge >= 0.3 is 0 Å². The number of nitrogens with zero attached hydrogens (tertiary/aromatic N) is 2. The Morgan fingerprint density at radius 1 is 0.943 bits per heavy atom. The third-order valence-electron chi connectivity index (χ3n) is 5.92. The second kappa shape index (κ2) is 9.94. The summed E-state index contributed by atoms with van der Waals surface area (Å²) in [6.07, 6.45) is 0.645. The number of para-hydroxylation sites is 1. The lowest BCUT2D eigenvalue weighted by atomic mass is 10.1. The van der Waals surface area contributed by atoms with Gasteiger partial charge in [-0.25, -0.2) is 4.98 Å². The minimum atomic E-state index is -0.404. The Balaban J connectivity index is 1.54. The lowest BCUT2D eigenvalue weighted by Gasteiger charge is -2.12. The first-order valence-corrected chi connectivity index (χ1v) is 12.5. The predicted molar refractivity (Wildman–Crippen MR) is 143 cm³/mol. The summed E-state index contributed by atoms with van der Waals surface area (Å²) in [5.41, 5.74) is 4.66. The molecule has 7 heteroatoms. The molecule has 3 aromatic carbocycles. The number of aromatic nitrogens is 2. The number of carbonyl (C=O) groups excluding carboxylic acids is 2. The van der Waals surface area contributed by atoms with Crippen molar-refractivity contribution in [3.8, 4) is 0 Å². The van der Waals surface area contributed by atoms with Gasteiger partial charge in [0.15, 0.2) is 0 Å². The number of hydrogen-bond acceptors (Lipinski definition) is 4. The first-order chi connectivity index (χ1) is 17.1. The van der Waals surface area contributed by atoms with Gasteiger partial charge in [-0.3, -0.25) is 14.3 Å². The van der Waals surface area contributed by atoms with Gasteiger partial charge in [0, 0.05) is 45.4 Å². The first kappa shape index (κ1) is 23.1. The van der Waals surface area contributed by atoms with E-state index in [2.05, 4.69) is 21.4 Å². The van der Waals surface area contributed by atoms with Crippen molar-refractivity contribution in [1.29, 1.82) is 0 Å². The molecule has 0 spiro atoms. The Morgan fingerprint density at radius 2 is 1.66 bits per heavy atom. The topological polar surface area (TPSA) is 64.0 Å². The van der Waals surface area contributed by atoms with Gasteiger partial charge < -0.3 is 4.57 Å². The van der Waals surface area contributed by atoms with Crippen LogP contribution >= 0.6 is 23.5 Å². The van der Waals surface area contributed by atoms with E-state index in [4.69, 9.17) is 16.6 Å². The van der Waals surface area contributed by atoms with E-state index in [1.165, 1.54) is 0 Å². The molecule has 0 saturated heterocycles. The van der Waals surface area contributed by atoms with Crippen LogP contribution in [0.5, 0.6) is 0 Å². The van der Waals surface area contributed by atoms with Gasteiger partial charge in [0.25, 0.3) is 5.91 Å². The second-order valence-electron chi connectivity index (χ2n) is 8.09. The summed E-state index contributed by atoms with van der Waals surface area (Å²) in [5, 5.41) is 2.46. The number of benzene rings is 3. The summed E-state index contributed by atoms with van der Waals surface area (Å²) in [6.45, 7) is 2.61. The number of carbonyl (C=O) groups is 2. The van der Waals surface area contributed by atoms with Crippen molar-refractivity contribution in [2.24, 2.45) is 0 Å². The van der Waals surface area contributed by atoms with E-state index in [0.717, 1.165) is 45.0 Å². The molecular weight excluding hydrogens is 478 g/mol. The fraction of sp³-hybridized carbons (Fsp3) is 0.107. The smallest absolute Gasteiger partial charge is 0.280 e. The van der Waals surface area contributed by atoms with E-state index in [1.54, 1.807) is 24.3 Å². The highest BCUT2D eigenvalue weighted by Crippen LogP contribution is 2.33. The highest BCUT2D eigenvalue weighted by atomic mass is 35.5. The number of halogens is 1. The molecule has 0 bridgehead atoms. The van der Waals surface area contributed by atoms with E-state index in [1.807, 2.05) is 55.5 Å². The zero-order chi connectivity index (χ0) is 24.4. The summed E-state index contributed by atoms with van der Waals surface area (Å²) in [7, 11) is 0. The monoisotopic (exact) mass is 499 g/mol. The Hall–Kier alpha value is -3.61. The summed E-state index contributed by atoms with van der Waals surface area (Å²) in [4.78, 5) is 30.1. The quantitative estimate of drug-likeness (QED) is 0.274. The number of aryl methyl sites for hydroxylation is 1. The third-order valence-corrected chi connectivity index (χ3v) is 7.00. The van der Waals surface area contributed by atoms with Crippen LogP contribution in [0.15, 0.2) is 84.9 Å². The van der Waals surface area contributed by atoms with Crippen LogP contribution in [-0.2, 0) is 13.0 Å². The number of pyridine rings is 1. The van der Waals surface area contributed by atoms with Gasteiger partial charge in [0.05, 0.1) is 11.2 Å². The van der Waals surface area contributed by atoms with E-state index < -0.39 is 5.91 Å². The number of hydrogen-bond donors (Lipinski definition) is 1. The average Bonchev–Trinajstić information content (AvgIpc) is 3.22. The van der Waals surface area contributed by atoms with Crippen molar-refractivity contribution in [3.63, 3.8) is 0 Å². The summed E-state index contributed by atoms with van der Waals surface area (Å²) in [6, 6.07) is 26.6. The lowest BCUT2D eigenvalue weighted by molar-refractivity contribution is 0.0973. The van der Waals surface area contributed by atoms with Crippen LogP contribution in [0.2, 0.25) is 5.02 Å². The number of amides is 1. The van der Waals surface area contributed by atoms with Gasteiger partial charge in [-0.2, -0.15) is 0 Å². The molecule has 0 aliphatic carbocycles. The van der Waals surface area contributed by atoms with E-state index >= 15 is 0 Å². The molecule has 35 heavy (non-hydrogen) atoms. The minimum absolute atomic E-state index is 0.230. The molecule has 0 aliphatic rings. The molecule has 0 atom stereocenters. The fourth-order valence-electron chi connectivity index (χ4n) is 4.26. The highest BCUT2D eigenvalue weighted by Gasteiger charge is 2.20. The third kappa shape index (κ3) is 4.55. The molecule has 1 N–H and O–H groups in total. The van der Waals surface area contributed by atoms with Gasteiger partial charge in [0.2, 0.25) is 5.12 Å². The molecule has 5 aromatic rings. The maximum atomic E-state index is 13.0. The second-order valence-corrected chi connectivity index (χ2v) is 9.27. The molecular formula is C28H22ClN3O2S. The van der Waals surface area contributed by atoms with Crippen molar-refractivity contribution < 1.29 is 9.59 Å². The SMILES string of the molecule is CCc1nc(C(=O)NSC(=O)c2ccccc2)cc2c3ccccc3n(Cc3ccccc3Cl)c12. The molecule has 174 valence electrons. The molecule has 0 saturated carbocycles. The number of nitrogens with one attached hydrogen (secondary N) is 1. The van der Waals surface area contributed by atoms with Crippen LogP contribution in [0.1, 0.15) is 39.0 Å². The molecule has 0 aliphatic heterocycles. The van der Waals surface area contributed by atoms with Crippen molar-refractivity contribution in [2.45, 2.75) is 19.9 Å². The van der Waals surface area contributed by atoms with Crippen LogP contribution < -0.4 is 4.72 Å². The normalized spacial score (nSPS) is 11.1. The van der Waals surface area contributed by atoms with Gasteiger partial charge in [-0.15, -0.1) is 0 Å². The molecule has 5 rings (SSSR count). The maximum Gasteiger partial charge on any atom is 0.280 e. The largest absolute Gasteiger partial charge is 0.334 e. The molecule has 2 heterocycles. The molecule has 5 nitrogen and oxygen atoms in total. The fourth-order valence-corrected chi connectivity index (χ4v) is 5.00. The van der Waals surface area contributed by atoms with Crippen LogP contribution in [0.3, 0.4) is 0 Å². The maximum absolute atomic E-state index is 13.0. The highest BCUT2D eigenvalue weighted by molar-refractivity contribution is 8.12.